The molecule has 0 amide bonds. The van der Waals surface area contributed by atoms with E-state index in [4.69, 9.17) is 0 Å². The lowest BCUT2D eigenvalue weighted by Crippen LogP contribution is -2.04. The molecule has 0 aliphatic rings. The Morgan fingerprint density at radius 2 is 2.00 bits per heavy atom. The molecule has 0 aliphatic heterocycles. The lowest BCUT2D eigenvalue weighted by molar-refractivity contribution is 0.594. The van der Waals surface area contributed by atoms with E-state index in [1.165, 1.54) is 6.92 Å². The van der Waals surface area contributed by atoms with E-state index >= 15 is 0 Å². The zero-order valence-corrected chi connectivity index (χ0v) is 9.24. The molecule has 2 rings (SSSR count). The predicted octanol–water partition coefficient (Wildman–Crippen LogP) is 2.68. The van der Waals surface area contributed by atoms with Crippen LogP contribution < -0.4 is 5.32 Å². The van der Waals surface area contributed by atoms with E-state index in [-0.39, 0.29) is 11.3 Å². The number of halogens is 2. The zero-order chi connectivity index (χ0) is 12.3. The van der Waals surface area contributed by atoms with E-state index in [9.17, 15) is 8.78 Å². The molecule has 0 fully saturated rings. The average molecular weight is 235 g/mol. The number of anilines is 1. The molecule has 2 aromatic rings. The largest absolute Gasteiger partial charge is 0.377 e. The summed E-state index contributed by atoms with van der Waals surface area (Å²) in [6, 6.07) is 2.30. The molecular weight excluding hydrogens is 224 g/mol. The molecule has 0 unspecified atom stereocenters. The Morgan fingerprint density at radius 3 is 2.71 bits per heavy atom. The van der Waals surface area contributed by atoms with Crippen molar-refractivity contribution in [3.63, 3.8) is 0 Å². The molecular formula is C12H11F2N3. The van der Waals surface area contributed by atoms with E-state index in [0.717, 1.165) is 12.1 Å². The highest BCUT2D eigenvalue weighted by Gasteiger charge is 2.06. The van der Waals surface area contributed by atoms with Crippen LogP contribution in [-0.4, -0.2) is 9.97 Å². The first-order valence-corrected chi connectivity index (χ1v) is 5.11. The second-order valence-electron chi connectivity index (χ2n) is 3.63. The topological polar surface area (TPSA) is 37.8 Å². The van der Waals surface area contributed by atoms with Gasteiger partial charge in [0.25, 0.3) is 0 Å². The third kappa shape index (κ3) is 2.75. The van der Waals surface area contributed by atoms with Crippen LogP contribution in [0.5, 0.6) is 0 Å². The van der Waals surface area contributed by atoms with Crippen molar-refractivity contribution in [1.82, 2.24) is 9.97 Å². The Labute approximate surface area is 97.5 Å². The summed E-state index contributed by atoms with van der Waals surface area (Å²) >= 11 is 0. The summed E-state index contributed by atoms with van der Waals surface area (Å²) in [5.41, 5.74) is 1.07. The lowest BCUT2D eigenvalue weighted by Gasteiger charge is -2.08. The van der Waals surface area contributed by atoms with Gasteiger partial charge in [-0.3, -0.25) is 9.97 Å². The van der Waals surface area contributed by atoms with Crippen LogP contribution in [0.25, 0.3) is 0 Å². The highest BCUT2D eigenvalue weighted by molar-refractivity contribution is 5.46. The molecule has 0 bridgehead atoms. The normalized spacial score (nSPS) is 10.3. The minimum Gasteiger partial charge on any atom is -0.377 e. The Morgan fingerprint density at radius 1 is 1.18 bits per heavy atom. The van der Waals surface area contributed by atoms with E-state index < -0.39 is 11.6 Å². The SMILES string of the molecule is Cc1cc(F)c(NCc2cnccn2)cc1F. The summed E-state index contributed by atoms with van der Waals surface area (Å²) in [6.45, 7) is 1.82. The van der Waals surface area contributed by atoms with Crippen molar-refractivity contribution >= 4 is 5.69 Å². The van der Waals surface area contributed by atoms with E-state index in [1.54, 1.807) is 18.6 Å². The van der Waals surface area contributed by atoms with Crippen LogP contribution >= 0.6 is 0 Å². The van der Waals surface area contributed by atoms with Crippen molar-refractivity contribution in [2.45, 2.75) is 13.5 Å². The van der Waals surface area contributed by atoms with Crippen LogP contribution in [0.1, 0.15) is 11.3 Å². The molecule has 5 heteroatoms. The van der Waals surface area contributed by atoms with Crippen LogP contribution in [0.2, 0.25) is 0 Å². The number of nitrogens with zero attached hydrogens (tertiary/aromatic N) is 2. The van der Waals surface area contributed by atoms with Gasteiger partial charge in [0.1, 0.15) is 11.6 Å². The molecule has 0 atom stereocenters. The fourth-order valence-electron chi connectivity index (χ4n) is 1.39. The molecule has 88 valence electrons. The minimum absolute atomic E-state index is 0.124. The van der Waals surface area contributed by atoms with Gasteiger partial charge in [-0.15, -0.1) is 0 Å². The number of benzene rings is 1. The standard InChI is InChI=1S/C12H11F2N3/c1-8-4-11(14)12(5-10(8)13)17-7-9-6-15-2-3-16-9/h2-6,17H,7H2,1H3. The molecule has 1 aromatic carbocycles. The molecule has 0 radical (unpaired) electrons. The highest BCUT2D eigenvalue weighted by atomic mass is 19.1. The first-order valence-electron chi connectivity index (χ1n) is 5.11. The molecule has 17 heavy (non-hydrogen) atoms. The Hall–Kier alpha value is -2.04. The van der Waals surface area contributed by atoms with Gasteiger partial charge < -0.3 is 5.32 Å². The molecule has 0 saturated heterocycles. The number of nitrogens with one attached hydrogen (secondary N) is 1. The Bertz CT molecular complexity index is 515. The first-order chi connectivity index (χ1) is 8.16. The number of aryl methyl sites for hydroxylation is 1. The van der Waals surface area contributed by atoms with Crippen LogP contribution in [0, 0.1) is 18.6 Å². The number of aromatic nitrogens is 2. The van der Waals surface area contributed by atoms with Crippen LogP contribution in [0.15, 0.2) is 30.7 Å². The average Bonchev–Trinajstić information content (AvgIpc) is 2.33. The van der Waals surface area contributed by atoms with E-state index in [2.05, 4.69) is 15.3 Å². The second kappa shape index (κ2) is 4.86. The molecule has 0 aliphatic carbocycles. The van der Waals surface area contributed by atoms with Crippen molar-refractivity contribution in [3.8, 4) is 0 Å². The third-order valence-electron chi connectivity index (χ3n) is 2.32. The smallest absolute Gasteiger partial charge is 0.146 e. The summed E-state index contributed by atoms with van der Waals surface area (Å²) < 4.78 is 26.7. The van der Waals surface area contributed by atoms with Gasteiger partial charge in [0.2, 0.25) is 0 Å². The van der Waals surface area contributed by atoms with Crippen molar-refractivity contribution in [2.24, 2.45) is 0 Å². The van der Waals surface area contributed by atoms with Gasteiger partial charge >= 0.3 is 0 Å². The van der Waals surface area contributed by atoms with Gasteiger partial charge in [-0.05, 0) is 18.6 Å². The van der Waals surface area contributed by atoms with E-state index in [1.807, 2.05) is 0 Å². The second-order valence-corrected chi connectivity index (χ2v) is 3.63. The fraction of sp³-hybridized carbons (Fsp3) is 0.167. The van der Waals surface area contributed by atoms with Crippen LogP contribution in [-0.2, 0) is 6.54 Å². The summed E-state index contributed by atoms with van der Waals surface area (Å²) in [6.07, 6.45) is 4.66. The van der Waals surface area contributed by atoms with Gasteiger partial charge in [0, 0.05) is 18.5 Å². The van der Waals surface area contributed by atoms with Gasteiger partial charge in [-0.1, -0.05) is 0 Å². The number of hydrogen-bond donors (Lipinski definition) is 1. The summed E-state index contributed by atoms with van der Waals surface area (Å²) in [7, 11) is 0. The Balaban J connectivity index is 2.12. The number of hydrogen-bond acceptors (Lipinski definition) is 3. The van der Waals surface area contributed by atoms with Gasteiger partial charge in [0.15, 0.2) is 0 Å². The van der Waals surface area contributed by atoms with Crippen LogP contribution in [0.4, 0.5) is 14.5 Å². The third-order valence-corrected chi connectivity index (χ3v) is 2.32. The maximum Gasteiger partial charge on any atom is 0.146 e. The van der Waals surface area contributed by atoms with Crippen LogP contribution in [0.3, 0.4) is 0 Å². The van der Waals surface area contributed by atoms with Crippen molar-refractivity contribution in [1.29, 1.82) is 0 Å². The van der Waals surface area contributed by atoms with Crippen molar-refractivity contribution in [2.75, 3.05) is 5.32 Å². The molecule has 1 N–H and O–H groups in total. The number of rotatable bonds is 3. The predicted molar refractivity (Wildman–Crippen MR) is 60.5 cm³/mol. The molecule has 1 aromatic heterocycles. The van der Waals surface area contributed by atoms with E-state index in [0.29, 0.717) is 12.2 Å². The van der Waals surface area contributed by atoms with Crippen molar-refractivity contribution in [3.05, 3.63) is 53.6 Å². The maximum atomic E-state index is 13.5. The van der Waals surface area contributed by atoms with Gasteiger partial charge in [-0.2, -0.15) is 0 Å². The monoisotopic (exact) mass is 235 g/mol. The maximum absolute atomic E-state index is 13.5. The Kier molecular flexibility index (Phi) is 3.27. The quantitative estimate of drug-likeness (QED) is 0.888. The summed E-state index contributed by atoms with van der Waals surface area (Å²) in [5, 5.41) is 2.78. The summed E-state index contributed by atoms with van der Waals surface area (Å²) in [5.74, 6) is -0.916. The van der Waals surface area contributed by atoms with Crippen molar-refractivity contribution < 1.29 is 8.78 Å². The highest BCUT2D eigenvalue weighted by Crippen LogP contribution is 2.19. The molecule has 0 saturated carbocycles. The summed E-state index contributed by atoms with van der Waals surface area (Å²) in [4.78, 5) is 7.90. The van der Waals surface area contributed by atoms with Gasteiger partial charge in [0.05, 0.1) is 24.1 Å². The molecule has 3 nitrogen and oxygen atoms in total. The molecule has 1 heterocycles. The lowest BCUT2D eigenvalue weighted by atomic mass is 10.2. The fourth-order valence-corrected chi connectivity index (χ4v) is 1.39. The minimum atomic E-state index is -0.479. The van der Waals surface area contributed by atoms with Gasteiger partial charge in [-0.25, -0.2) is 8.78 Å². The zero-order valence-electron chi connectivity index (χ0n) is 9.24. The first kappa shape index (κ1) is 11.4. The molecule has 0 spiro atoms.